The maximum Gasteiger partial charge on any atom is 0.328 e. The summed E-state index contributed by atoms with van der Waals surface area (Å²) in [5, 5.41) is 16.1. The first kappa shape index (κ1) is 19.4. The van der Waals surface area contributed by atoms with E-state index in [9.17, 15) is 19.5 Å². The van der Waals surface area contributed by atoms with Gasteiger partial charge in [0, 0.05) is 24.2 Å². The minimum atomic E-state index is -0.545. The summed E-state index contributed by atoms with van der Waals surface area (Å²) in [5.74, 6) is -1.06. The molecule has 1 saturated heterocycles. The molecule has 4 amide bonds. The number of hydrogen-bond acceptors (Lipinski definition) is 4. The maximum absolute atomic E-state index is 12.8. The fraction of sp³-hybridized carbons (Fsp3) is 0.286. The third kappa shape index (κ3) is 3.83. The second kappa shape index (κ2) is 7.34. The van der Waals surface area contributed by atoms with Crippen LogP contribution in [0, 0.1) is 0 Å². The lowest BCUT2D eigenvalue weighted by Gasteiger charge is -2.29. The lowest BCUT2D eigenvalue weighted by atomic mass is 9.84. The molecule has 1 aliphatic heterocycles. The Bertz CT molecular complexity index is 917. The van der Waals surface area contributed by atoms with Gasteiger partial charge in [-0.15, -0.1) is 0 Å². The van der Waals surface area contributed by atoms with E-state index < -0.39 is 17.4 Å². The second-order valence-corrected chi connectivity index (χ2v) is 7.67. The average molecular weight is 381 g/mol. The number of aromatic hydroxyl groups is 1. The van der Waals surface area contributed by atoms with Crippen LogP contribution in [0.25, 0.3) is 0 Å². The van der Waals surface area contributed by atoms with Crippen molar-refractivity contribution in [3.63, 3.8) is 0 Å². The molecule has 3 rings (SSSR count). The molecule has 146 valence electrons. The van der Waals surface area contributed by atoms with Crippen molar-refractivity contribution >= 4 is 29.2 Å². The van der Waals surface area contributed by atoms with Crippen LogP contribution >= 0.6 is 0 Å². The van der Waals surface area contributed by atoms with E-state index in [-0.39, 0.29) is 35.9 Å². The molecule has 0 radical (unpaired) electrons. The SMILES string of the molecule is CC(C)(C)c1cc(N2C(=O)CCNC2=O)cc(C(=O)Nc2ccccc2)c1O. The molecule has 0 aromatic heterocycles. The molecule has 28 heavy (non-hydrogen) atoms. The van der Waals surface area contributed by atoms with E-state index in [1.54, 1.807) is 30.3 Å². The highest BCUT2D eigenvalue weighted by Crippen LogP contribution is 2.37. The zero-order valence-electron chi connectivity index (χ0n) is 16.1. The van der Waals surface area contributed by atoms with E-state index in [0.717, 1.165) is 4.90 Å². The molecule has 2 aromatic carbocycles. The number of benzene rings is 2. The van der Waals surface area contributed by atoms with Gasteiger partial charge in [0.25, 0.3) is 5.91 Å². The van der Waals surface area contributed by atoms with Gasteiger partial charge in [-0.25, -0.2) is 9.69 Å². The molecular weight excluding hydrogens is 358 g/mol. The number of carbonyl (C=O) groups is 3. The summed E-state index contributed by atoms with van der Waals surface area (Å²) in [7, 11) is 0. The van der Waals surface area contributed by atoms with Crippen molar-refractivity contribution in [2.24, 2.45) is 0 Å². The Morgan fingerprint density at radius 2 is 1.82 bits per heavy atom. The zero-order valence-corrected chi connectivity index (χ0v) is 16.1. The molecule has 0 atom stereocenters. The monoisotopic (exact) mass is 381 g/mol. The van der Waals surface area contributed by atoms with E-state index in [2.05, 4.69) is 10.6 Å². The highest BCUT2D eigenvalue weighted by molar-refractivity contribution is 6.17. The van der Waals surface area contributed by atoms with Gasteiger partial charge in [-0.1, -0.05) is 39.0 Å². The number of phenolic OH excluding ortho intramolecular Hbond substituents is 1. The summed E-state index contributed by atoms with van der Waals surface area (Å²) in [6, 6.07) is 11.2. The average Bonchev–Trinajstić information content (AvgIpc) is 2.62. The number of nitrogens with zero attached hydrogens (tertiary/aromatic N) is 1. The lowest BCUT2D eigenvalue weighted by Crippen LogP contribution is -2.50. The first-order valence-electron chi connectivity index (χ1n) is 9.03. The maximum atomic E-state index is 12.8. The van der Waals surface area contributed by atoms with Crippen LogP contribution in [0.1, 0.15) is 43.1 Å². The van der Waals surface area contributed by atoms with Crippen LogP contribution in [-0.4, -0.2) is 29.5 Å². The van der Waals surface area contributed by atoms with Gasteiger partial charge in [-0.05, 0) is 29.7 Å². The van der Waals surface area contributed by atoms with Crippen LogP contribution in [0.2, 0.25) is 0 Å². The fourth-order valence-electron chi connectivity index (χ4n) is 3.05. The number of amides is 4. The highest BCUT2D eigenvalue weighted by Gasteiger charge is 2.31. The van der Waals surface area contributed by atoms with Crippen LogP contribution in [0.5, 0.6) is 5.75 Å². The Labute approximate surface area is 163 Å². The third-order valence-electron chi connectivity index (χ3n) is 4.50. The largest absolute Gasteiger partial charge is 0.507 e. The molecule has 0 spiro atoms. The van der Waals surface area contributed by atoms with E-state index in [4.69, 9.17) is 0 Å². The second-order valence-electron chi connectivity index (χ2n) is 7.67. The van der Waals surface area contributed by atoms with E-state index in [0.29, 0.717) is 11.3 Å². The van der Waals surface area contributed by atoms with Crippen molar-refractivity contribution in [2.75, 3.05) is 16.8 Å². The minimum absolute atomic E-state index is 0.00236. The molecule has 0 unspecified atom stereocenters. The standard InChI is InChI=1S/C21H23N3O4/c1-21(2,3)16-12-14(24-17(25)9-10-22-20(24)28)11-15(18(16)26)19(27)23-13-7-5-4-6-8-13/h4-8,11-12,26H,9-10H2,1-3H3,(H,22,28)(H,23,27). The number of imide groups is 1. The molecule has 0 saturated carbocycles. The van der Waals surface area contributed by atoms with Crippen molar-refractivity contribution < 1.29 is 19.5 Å². The molecular formula is C21H23N3O4. The smallest absolute Gasteiger partial charge is 0.328 e. The van der Waals surface area contributed by atoms with Crippen LogP contribution in [-0.2, 0) is 10.2 Å². The van der Waals surface area contributed by atoms with Crippen LogP contribution < -0.4 is 15.5 Å². The molecule has 0 aliphatic carbocycles. The van der Waals surface area contributed by atoms with Gasteiger partial charge in [0.05, 0.1) is 11.3 Å². The quantitative estimate of drug-likeness (QED) is 0.759. The van der Waals surface area contributed by atoms with E-state index in [1.165, 1.54) is 6.07 Å². The summed E-state index contributed by atoms with van der Waals surface area (Å²) in [4.78, 5) is 38.4. The third-order valence-corrected chi connectivity index (χ3v) is 4.50. The van der Waals surface area contributed by atoms with Crippen molar-refractivity contribution in [3.05, 3.63) is 53.6 Å². The summed E-state index contributed by atoms with van der Waals surface area (Å²) >= 11 is 0. The van der Waals surface area contributed by atoms with Gasteiger partial charge in [-0.3, -0.25) is 9.59 Å². The Kier molecular flexibility index (Phi) is 5.09. The number of phenols is 1. The Hall–Kier alpha value is -3.35. The Morgan fingerprint density at radius 1 is 1.14 bits per heavy atom. The molecule has 7 heteroatoms. The van der Waals surface area contributed by atoms with E-state index >= 15 is 0 Å². The van der Waals surface area contributed by atoms with Crippen LogP contribution in [0.15, 0.2) is 42.5 Å². The number of nitrogens with one attached hydrogen (secondary N) is 2. The molecule has 1 heterocycles. The number of anilines is 2. The molecule has 1 aliphatic rings. The molecule has 7 nitrogen and oxygen atoms in total. The van der Waals surface area contributed by atoms with Crippen molar-refractivity contribution in [3.8, 4) is 5.75 Å². The predicted octanol–water partition coefficient (Wildman–Crippen LogP) is 3.39. The number of rotatable bonds is 3. The van der Waals surface area contributed by atoms with Crippen molar-refractivity contribution in [1.82, 2.24) is 5.32 Å². The van der Waals surface area contributed by atoms with Gasteiger partial charge < -0.3 is 15.7 Å². The fourth-order valence-corrected chi connectivity index (χ4v) is 3.05. The molecule has 2 aromatic rings. The van der Waals surface area contributed by atoms with Crippen molar-refractivity contribution in [2.45, 2.75) is 32.6 Å². The lowest BCUT2D eigenvalue weighted by molar-refractivity contribution is -0.118. The van der Waals surface area contributed by atoms with E-state index in [1.807, 2.05) is 26.8 Å². The molecule has 1 fully saturated rings. The van der Waals surface area contributed by atoms with Crippen molar-refractivity contribution in [1.29, 1.82) is 0 Å². The van der Waals surface area contributed by atoms with Gasteiger partial charge in [0.1, 0.15) is 5.75 Å². The normalized spacial score (nSPS) is 14.6. The van der Waals surface area contributed by atoms with Gasteiger partial charge in [0.2, 0.25) is 5.91 Å². The number of carbonyl (C=O) groups excluding carboxylic acids is 3. The molecule has 0 bridgehead atoms. The number of urea groups is 1. The van der Waals surface area contributed by atoms with Crippen LogP contribution in [0.3, 0.4) is 0 Å². The van der Waals surface area contributed by atoms with Gasteiger partial charge in [0.15, 0.2) is 0 Å². The first-order chi connectivity index (χ1) is 13.2. The van der Waals surface area contributed by atoms with Crippen LogP contribution in [0.4, 0.5) is 16.2 Å². The molecule has 3 N–H and O–H groups in total. The number of hydrogen-bond donors (Lipinski definition) is 3. The first-order valence-corrected chi connectivity index (χ1v) is 9.03. The summed E-state index contributed by atoms with van der Waals surface area (Å²) in [6.07, 6.45) is 0.170. The van der Waals surface area contributed by atoms with Gasteiger partial charge >= 0.3 is 6.03 Å². The summed E-state index contributed by atoms with van der Waals surface area (Å²) < 4.78 is 0. The summed E-state index contributed by atoms with van der Waals surface area (Å²) in [6.45, 7) is 5.91. The zero-order chi connectivity index (χ0) is 20.5. The Balaban J connectivity index is 2.09. The Morgan fingerprint density at radius 3 is 2.43 bits per heavy atom. The predicted molar refractivity (Wildman–Crippen MR) is 107 cm³/mol. The minimum Gasteiger partial charge on any atom is -0.507 e. The highest BCUT2D eigenvalue weighted by atomic mass is 16.3. The summed E-state index contributed by atoms with van der Waals surface area (Å²) in [5.41, 5.74) is 0.772. The topological polar surface area (TPSA) is 98.7 Å². The number of para-hydroxylation sites is 1. The van der Waals surface area contributed by atoms with Gasteiger partial charge in [-0.2, -0.15) is 0 Å².